The van der Waals surface area contributed by atoms with Gasteiger partial charge in [-0.15, -0.1) is 0 Å². The first kappa shape index (κ1) is 15.0. The van der Waals surface area contributed by atoms with Gasteiger partial charge in [-0.25, -0.2) is 0 Å². The number of aromatic nitrogens is 1. The minimum absolute atomic E-state index is 0.370. The number of piperazine rings is 1. The first-order valence-corrected chi connectivity index (χ1v) is 7.76. The number of rotatable bonds is 4. The van der Waals surface area contributed by atoms with Gasteiger partial charge in [0, 0.05) is 44.6 Å². The Bertz CT molecular complexity index is 615. The molecule has 1 saturated heterocycles. The zero-order valence-corrected chi connectivity index (χ0v) is 13.2. The van der Waals surface area contributed by atoms with E-state index in [0.29, 0.717) is 6.04 Å². The highest BCUT2D eigenvalue weighted by atomic mass is 16.5. The highest BCUT2D eigenvalue weighted by molar-refractivity contribution is 5.36. The van der Waals surface area contributed by atoms with Gasteiger partial charge in [0.25, 0.3) is 0 Å². The molecular weight excluding hydrogens is 274 g/mol. The number of hydrogen-bond donors (Lipinski definition) is 1. The van der Waals surface area contributed by atoms with Crippen LogP contribution in [0.1, 0.15) is 22.7 Å². The first-order chi connectivity index (χ1) is 10.8. The first-order valence-electron chi connectivity index (χ1n) is 7.76. The molecule has 0 saturated carbocycles. The third kappa shape index (κ3) is 3.29. The van der Waals surface area contributed by atoms with Gasteiger partial charge in [-0.2, -0.15) is 0 Å². The van der Waals surface area contributed by atoms with Gasteiger partial charge in [-0.05, 0) is 35.7 Å². The predicted molar refractivity (Wildman–Crippen MR) is 88.0 cm³/mol. The normalized spacial score (nSPS) is 19.1. The SMILES string of the molecule is COc1cc(CN2CCNCC2c2cccnc2)ccc1C. The summed E-state index contributed by atoms with van der Waals surface area (Å²) in [6.07, 6.45) is 3.80. The van der Waals surface area contributed by atoms with Gasteiger partial charge >= 0.3 is 0 Å². The minimum atomic E-state index is 0.370. The summed E-state index contributed by atoms with van der Waals surface area (Å²) in [5.41, 5.74) is 3.74. The topological polar surface area (TPSA) is 37.4 Å². The third-order valence-corrected chi connectivity index (χ3v) is 4.28. The summed E-state index contributed by atoms with van der Waals surface area (Å²) >= 11 is 0. The quantitative estimate of drug-likeness (QED) is 0.941. The van der Waals surface area contributed by atoms with E-state index in [1.165, 1.54) is 16.7 Å². The summed E-state index contributed by atoms with van der Waals surface area (Å²) in [6.45, 7) is 6.04. The van der Waals surface area contributed by atoms with E-state index in [1.807, 2.05) is 18.5 Å². The Morgan fingerprint density at radius 1 is 1.36 bits per heavy atom. The summed E-state index contributed by atoms with van der Waals surface area (Å²) in [6, 6.07) is 11.0. The highest BCUT2D eigenvalue weighted by Crippen LogP contribution is 2.25. The van der Waals surface area contributed by atoms with Crippen LogP contribution in [0.3, 0.4) is 0 Å². The van der Waals surface area contributed by atoms with Crippen molar-refractivity contribution in [2.45, 2.75) is 19.5 Å². The molecule has 4 heteroatoms. The summed E-state index contributed by atoms with van der Waals surface area (Å²) in [7, 11) is 1.73. The van der Waals surface area contributed by atoms with Gasteiger partial charge in [-0.1, -0.05) is 18.2 Å². The maximum absolute atomic E-state index is 5.45. The molecule has 0 aliphatic carbocycles. The maximum atomic E-state index is 5.45. The van der Waals surface area contributed by atoms with Crippen LogP contribution in [0, 0.1) is 6.92 Å². The van der Waals surface area contributed by atoms with Crippen molar-refractivity contribution in [1.29, 1.82) is 0 Å². The molecule has 1 aromatic carbocycles. The van der Waals surface area contributed by atoms with Crippen molar-refractivity contribution in [3.8, 4) is 5.75 Å². The second-order valence-electron chi connectivity index (χ2n) is 5.78. The molecule has 22 heavy (non-hydrogen) atoms. The second-order valence-corrected chi connectivity index (χ2v) is 5.78. The van der Waals surface area contributed by atoms with Crippen LogP contribution >= 0.6 is 0 Å². The lowest BCUT2D eigenvalue weighted by Gasteiger charge is -2.36. The fourth-order valence-corrected chi connectivity index (χ4v) is 3.03. The average Bonchev–Trinajstić information content (AvgIpc) is 2.58. The van der Waals surface area contributed by atoms with Crippen LogP contribution in [0.15, 0.2) is 42.7 Å². The lowest BCUT2D eigenvalue weighted by molar-refractivity contribution is 0.153. The molecule has 0 radical (unpaired) electrons. The van der Waals surface area contributed by atoms with Gasteiger partial charge in [0.1, 0.15) is 5.75 Å². The number of benzene rings is 1. The van der Waals surface area contributed by atoms with Crippen molar-refractivity contribution in [2.24, 2.45) is 0 Å². The number of nitrogens with one attached hydrogen (secondary N) is 1. The van der Waals surface area contributed by atoms with Crippen molar-refractivity contribution < 1.29 is 4.74 Å². The van der Waals surface area contributed by atoms with Crippen LogP contribution in [0.2, 0.25) is 0 Å². The van der Waals surface area contributed by atoms with Crippen LogP contribution in [-0.4, -0.2) is 36.6 Å². The largest absolute Gasteiger partial charge is 0.496 e. The molecule has 3 rings (SSSR count). The molecule has 1 unspecified atom stereocenters. The van der Waals surface area contributed by atoms with Crippen LogP contribution in [-0.2, 0) is 6.54 Å². The van der Waals surface area contributed by atoms with E-state index >= 15 is 0 Å². The van der Waals surface area contributed by atoms with Gasteiger partial charge in [0.05, 0.1) is 7.11 Å². The zero-order valence-electron chi connectivity index (χ0n) is 13.2. The molecule has 0 spiro atoms. The molecular formula is C18H23N3O. The molecule has 1 fully saturated rings. The summed E-state index contributed by atoms with van der Waals surface area (Å²) < 4.78 is 5.45. The predicted octanol–water partition coefficient (Wildman–Crippen LogP) is 2.55. The molecule has 1 aromatic heterocycles. The lowest BCUT2D eigenvalue weighted by atomic mass is 10.0. The Kier molecular flexibility index (Phi) is 4.71. The smallest absolute Gasteiger partial charge is 0.122 e. The van der Waals surface area contributed by atoms with Crippen molar-refractivity contribution >= 4 is 0 Å². The lowest BCUT2D eigenvalue weighted by Crippen LogP contribution is -2.45. The van der Waals surface area contributed by atoms with Crippen molar-refractivity contribution in [3.05, 3.63) is 59.4 Å². The monoisotopic (exact) mass is 297 g/mol. The van der Waals surface area contributed by atoms with Crippen molar-refractivity contribution in [3.63, 3.8) is 0 Å². The van der Waals surface area contributed by atoms with Gasteiger partial charge in [0.2, 0.25) is 0 Å². The van der Waals surface area contributed by atoms with E-state index in [0.717, 1.165) is 31.9 Å². The van der Waals surface area contributed by atoms with Gasteiger partial charge in [0.15, 0.2) is 0 Å². The van der Waals surface area contributed by atoms with E-state index in [-0.39, 0.29) is 0 Å². The number of nitrogens with zero attached hydrogens (tertiary/aromatic N) is 2. The molecule has 0 bridgehead atoms. The van der Waals surface area contributed by atoms with E-state index in [9.17, 15) is 0 Å². The fourth-order valence-electron chi connectivity index (χ4n) is 3.03. The molecule has 1 aliphatic rings. The van der Waals surface area contributed by atoms with E-state index < -0.39 is 0 Å². The molecule has 1 atom stereocenters. The van der Waals surface area contributed by atoms with Crippen LogP contribution in [0.5, 0.6) is 5.75 Å². The number of methoxy groups -OCH3 is 1. The Balaban J connectivity index is 1.80. The van der Waals surface area contributed by atoms with Crippen molar-refractivity contribution in [1.82, 2.24) is 15.2 Å². The Hall–Kier alpha value is -1.91. The molecule has 4 nitrogen and oxygen atoms in total. The molecule has 1 aliphatic heterocycles. The summed E-state index contributed by atoms with van der Waals surface area (Å²) in [5, 5.41) is 3.49. The van der Waals surface area contributed by atoms with Crippen molar-refractivity contribution in [2.75, 3.05) is 26.7 Å². The minimum Gasteiger partial charge on any atom is -0.496 e. The Morgan fingerprint density at radius 2 is 2.27 bits per heavy atom. The summed E-state index contributed by atoms with van der Waals surface area (Å²) in [4.78, 5) is 6.78. The van der Waals surface area contributed by atoms with Gasteiger partial charge < -0.3 is 10.1 Å². The highest BCUT2D eigenvalue weighted by Gasteiger charge is 2.24. The molecule has 1 N–H and O–H groups in total. The maximum Gasteiger partial charge on any atom is 0.122 e. The van der Waals surface area contributed by atoms with Crippen LogP contribution in [0.25, 0.3) is 0 Å². The molecule has 0 amide bonds. The number of hydrogen-bond acceptors (Lipinski definition) is 4. The second kappa shape index (κ2) is 6.90. The number of ether oxygens (including phenoxy) is 1. The zero-order chi connectivity index (χ0) is 15.4. The van der Waals surface area contributed by atoms with E-state index in [1.54, 1.807) is 7.11 Å². The fraction of sp³-hybridized carbons (Fsp3) is 0.389. The molecule has 2 heterocycles. The number of aryl methyl sites for hydroxylation is 1. The van der Waals surface area contributed by atoms with Gasteiger partial charge in [-0.3, -0.25) is 9.88 Å². The molecule has 2 aromatic rings. The number of pyridine rings is 1. The molecule has 116 valence electrons. The Labute approximate surface area is 132 Å². The Morgan fingerprint density at radius 3 is 3.05 bits per heavy atom. The standard InChI is InChI=1S/C18H23N3O/c1-14-5-6-15(10-18(14)22-2)13-21-9-8-20-12-17(21)16-4-3-7-19-11-16/h3-7,10-11,17,20H,8-9,12-13H2,1-2H3. The third-order valence-electron chi connectivity index (χ3n) is 4.28. The van der Waals surface area contributed by atoms with Crippen LogP contribution < -0.4 is 10.1 Å². The van der Waals surface area contributed by atoms with E-state index in [4.69, 9.17) is 4.74 Å². The summed E-state index contributed by atoms with van der Waals surface area (Å²) in [5.74, 6) is 0.963. The average molecular weight is 297 g/mol. The van der Waals surface area contributed by atoms with Crippen LogP contribution in [0.4, 0.5) is 0 Å². The van der Waals surface area contributed by atoms with E-state index in [2.05, 4.69) is 46.4 Å².